The zero-order valence-electron chi connectivity index (χ0n) is 13.1. The van der Waals surface area contributed by atoms with E-state index in [0.29, 0.717) is 27.4 Å². The molecule has 0 bridgehead atoms. The minimum absolute atomic E-state index is 0.156. The van der Waals surface area contributed by atoms with Crippen molar-refractivity contribution in [2.75, 3.05) is 0 Å². The molecule has 1 N–H and O–H groups in total. The van der Waals surface area contributed by atoms with Crippen LogP contribution in [0.25, 0.3) is 33.3 Å². The Kier molecular flexibility index (Phi) is 3.86. The Labute approximate surface area is 149 Å². The van der Waals surface area contributed by atoms with Gasteiger partial charge in [-0.05, 0) is 48.0 Å². The van der Waals surface area contributed by atoms with Crippen LogP contribution < -0.4 is 0 Å². The number of phenolic OH excluding ortho intramolecular Hbond substituents is 1. The molecule has 0 saturated heterocycles. The van der Waals surface area contributed by atoms with E-state index in [0.717, 1.165) is 10.9 Å². The number of aromatic nitrogens is 1. The standard InChI is InChI=1S/C21H13ClFNO/c22-14-8-9-20-18(11-14)17(16-6-1-2-7-19(16)23)12-21(24-20)13-4-3-5-15(25)10-13/h1-12,25H. The molecule has 0 aliphatic carbocycles. The highest BCUT2D eigenvalue weighted by Gasteiger charge is 2.13. The first-order chi connectivity index (χ1) is 12.1. The molecule has 4 rings (SSSR count). The van der Waals surface area contributed by atoms with Gasteiger partial charge in [-0.25, -0.2) is 9.37 Å². The maximum atomic E-state index is 14.4. The number of halogens is 2. The first-order valence-corrected chi connectivity index (χ1v) is 8.14. The summed E-state index contributed by atoms with van der Waals surface area (Å²) in [6.07, 6.45) is 0. The number of nitrogens with zero attached hydrogens (tertiary/aromatic N) is 1. The van der Waals surface area contributed by atoms with E-state index in [1.807, 2.05) is 18.2 Å². The fourth-order valence-electron chi connectivity index (χ4n) is 2.91. The molecule has 0 saturated carbocycles. The van der Waals surface area contributed by atoms with Crippen LogP contribution in [0.3, 0.4) is 0 Å². The Hall–Kier alpha value is -2.91. The number of phenols is 1. The molecule has 122 valence electrons. The predicted octanol–water partition coefficient (Wildman–Crippen LogP) is 6.07. The molecule has 4 aromatic rings. The van der Waals surface area contributed by atoms with Crippen LogP contribution in [0.2, 0.25) is 5.02 Å². The number of benzene rings is 3. The Morgan fingerprint density at radius 1 is 0.840 bits per heavy atom. The third kappa shape index (κ3) is 2.94. The van der Waals surface area contributed by atoms with Crippen molar-refractivity contribution in [2.45, 2.75) is 0 Å². The van der Waals surface area contributed by atoms with E-state index in [2.05, 4.69) is 4.98 Å². The van der Waals surface area contributed by atoms with Crippen LogP contribution in [0.15, 0.2) is 72.8 Å². The van der Waals surface area contributed by atoms with Gasteiger partial charge in [0.15, 0.2) is 0 Å². The Morgan fingerprint density at radius 3 is 2.48 bits per heavy atom. The molecule has 1 aromatic heterocycles. The van der Waals surface area contributed by atoms with Crippen molar-refractivity contribution in [2.24, 2.45) is 0 Å². The van der Waals surface area contributed by atoms with Gasteiger partial charge in [-0.3, -0.25) is 0 Å². The quantitative estimate of drug-likeness (QED) is 0.476. The zero-order chi connectivity index (χ0) is 17.4. The van der Waals surface area contributed by atoms with Gasteiger partial charge < -0.3 is 5.11 Å². The van der Waals surface area contributed by atoms with Crippen molar-refractivity contribution >= 4 is 22.5 Å². The molecule has 3 aromatic carbocycles. The number of pyridine rings is 1. The summed E-state index contributed by atoms with van der Waals surface area (Å²) in [6.45, 7) is 0. The third-order valence-electron chi connectivity index (χ3n) is 4.08. The Bertz CT molecular complexity index is 1090. The van der Waals surface area contributed by atoms with Crippen molar-refractivity contribution in [1.82, 2.24) is 4.98 Å². The summed E-state index contributed by atoms with van der Waals surface area (Å²) < 4.78 is 14.4. The first-order valence-electron chi connectivity index (χ1n) is 7.76. The molecule has 0 unspecified atom stereocenters. The molecule has 0 fully saturated rings. The maximum absolute atomic E-state index is 14.4. The predicted molar refractivity (Wildman–Crippen MR) is 99.2 cm³/mol. The smallest absolute Gasteiger partial charge is 0.131 e. The molecule has 0 aliphatic rings. The van der Waals surface area contributed by atoms with Gasteiger partial charge in [-0.1, -0.05) is 41.9 Å². The summed E-state index contributed by atoms with van der Waals surface area (Å²) in [5, 5.41) is 11.1. The number of fused-ring (bicyclic) bond motifs is 1. The normalized spacial score (nSPS) is 11.0. The molecule has 4 heteroatoms. The van der Waals surface area contributed by atoms with Gasteiger partial charge in [0.1, 0.15) is 11.6 Å². The molecular formula is C21H13ClFNO. The van der Waals surface area contributed by atoms with Crippen LogP contribution in [0, 0.1) is 5.82 Å². The van der Waals surface area contributed by atoms with Gasteiger partial charge in [-0.2, -0.15) is 0 Å². The van der Waals surface area contributed by atoms with Crippen LogP contribution in [0.5, 0.6) is 5.75 Å². The molecule has 25 heavy (non-hydrogen) atoms. The van der Waals surface area contributed by atoms with Crippen molar-refractivity contribution in [3.63, 3.8) is 0 Å². The second-order valence-electron chi connectivity index (χ2n) is 5.75. The lowest BCUT2D eigenvalue weighted by atomic mass is 9.98. The minimum atomic E-state index is -0.308. The molecule has 2 nitrogen and oxygen atoms in total. The Balaban J connectivity index is 2.05. The molecule has 0 aliphatic heterocycles. The zero-order valence-corrected chi connectivity index (χ0v) is 13.8. The number of aromatic hydroxyl groups is 1. The van der Waals surface area contributed by atoms with Crippen LogP contribution in [0.4, 0.5) is 4.39 Å². The average molecular weight is 350 g/mol. The number of hydrogen-bond donors (Lipinski definition) is 1. The Morgan fingerprint density at radius 2 is 1.68 bits per heavy atom. The van der Waals surface area contributed by atoms with Crippen LogP contribution in [-0.4, -0.2) is 10.1 Å². The second kappa shape index (κ2) is 6.19. The van der Waals surface area contributed by atoms with Crippen molar-refractivity contribution in [3.8, 4) is 28.1 Å². The lowest BCUT2D eigenvalue weighted by Gasteiger charge is -2.11. The van der Waals surface area contributed by atoms with Crippen molar-refractivity contribution < 1.29 is 9.50 Å². The van der Waals surface area contributed by atoms with E-state index >= 15 is 0 Å². The second-order valence-corrected chi connectivity index (χ2v) is 6.18. The largest absolute Gasteiger partial charge is 0.508 e. The summed E-state index contributed by atoms with van der Waals surface area (Å²) >= 11 is 6.14. The van der Waals surface area contributed by atoms with Crippen molar-refractivity contribution in [3.05, 3.63) is 83.6 Å². The average Bonchev–Trinajstić information content (AvgIpc) is 2.61. The van der Waals surface area contributed by atoms with Gasteiger partial charge in [0.2, 0.25) is 0 Å². The number of hydrogen-bond acceptors (Lipinski definition) is 2. The van der Waals surface area contributed by atoms with E-state index in [1.54, 1.807) is 48.5 Å². The van der Waals surface area contributed by atoms with E-state index < -0.39 is 0 Å². The van der Waals surface area contributed by atoms with Crippen molar-refractivity contribution in [1.29, 1.82) is 0 Å². The molecule has 0 radical (unpaired) electrons. The van der Waals surface area contributed by atoms with E-state index in [1.165, 1.54) is 6.07 Å². The highest BCUT2D eigenvalue weighted by atomic mass is 35.5. The topological polar surface area (TPSA) is 33.1 Å². The molecule has 0 atom stereocenters. The minimum Gasteiger partial charge on any atom is -0.508 e. The maximum Gasteiger partial charge on any atom is 0.131 e. The monoisotopic (exact) mass is 349 g/mol. The third-order valence-corrected chi connectivity index (χ3v) is 4.31. The van der Waals surface area contributed by atoms with Gasteiger partial charge in [0, 0.05) is 21.5 Å². The fraction of sp³-hybridized carbons (Fsp3) is 0. The summed E-state index contributed by atoms with van der Waals surface area (Å²) in [4.78, 5) is 4.65. The number of rotatable bonds is 2. The van der Waals surface area contributed by atoms with Gasteiger partial charge in [0.25, 0.3) is 0 Å². The van der Waals surface area contributed by atoms with E-state index in [-0.39, 0.29) is 11.6 Å². The highest BCUT2D eigenvalue weighted by Crippen LogP contribution is 2.35. The first kappa shape index (κ1) is 15.6. The molecule has 1 heterocycles. The van der Waals surface area contributed by atoms with Gasteiger partial charge in [-0.15, -0.1) is 0 Å². The van der Waals surface area contributed by atoms with Crippen LogP contribution >= 0.6 is 11.6 Å². The molecule has 0 amide bonds. The SMILES string of the molecule is Oc1cccc(-c2cc(-c3ccccc3F)c3cc(Cl)ccc3n2)c1. The highest BCUT2D eigenvalue weighted by molar-refractivity contribution is 6.31. The summed E-state index contributed by atoms with van der Waals surface area (Å²) in [5.74, 6) is -0.153. The molecule has 0 spiro atoms. The summed E-state index contributed by atoms with van der Waals surface area (Å²) in [5.41, 5.74) is 3.32. The summed E-state index contributed by atoms with van der Waals surface area (Å²) in [7, 11) is 0. The molecular weight excluding hydrogens is 337 g/mol. The van der Waals surface area contributed by atoms with E-state index in [9.17, 15) is 9.50 Å². The summed E-state index contributed by atoms with van der Waals surface area (Å²) in [6, 6.07) is 20.6. The fourth-order valence-corrected chi connectivity index (χ4v) is 3.09. The van der Waals surface area contributed by atoms with Gasteiger partial charge in [0.05, 0.1) is 11.2 Å². The lowest BCUT2D eigenvalue weighted by Crippen LogP contribution is -1.92. The van der Waals surface area contributed by atoms with Crippen LogP contribution in [0.1, 0.15) is 0 Å². The van der Waals surface area contributed by atoms with Gasteiger partial charge >= 0.3 is 0 Å². The van der Waals surface area contributed by atoms with E-state index in [4.69, 9.17) is 11.6 Å². The lowest BCUT2D eigenvalue weighted by molar-refractivity contribution is 0.475. The van der Waals surface area contributed by atoms with Crippen LogP contribution in [-0.2, 0) is 0 Å².